The Morgan fingerprint density at radius 1 is 0.941 bits per heavy atom. The van der Waals surface area contributed by atoms with Gasteiger partial charge in [0, 0.05) is 6.42 Å². The van der Waals surface area contributed by atoms with E-state index < -0.39 is 23.5 Å². The molecule has 0 fully saturated rings. The molecular weight excluding hydrogens is 436 g/mol. The topological polar surface area (TPSA) is 119 Å². The molecule has 0 atom stereocenters. The number of aromatic carboxylic acids is 2. The summed E-state index contributed by atoms with van der Waals surface area (Å²) in [7, 11) is 0. The highest BCUT2D eigenvalue weighted by molar-refractivity contribution is 5.96. The second-order valence-corrected chi connectivity index (χ2v) is 8.53. The van der Waals surface area contributed by atoms with E-state index >= 15 is 0 Å². The second kappa shape index (κ2) is 10.3. The van der Waals surface area contributed by atoms with Crippen LogP contribution in [-0.2, 0) is 13.0 Å². The van der Waals surface area contributed by atoms with Crippen LogP contribution in [-0.4, -0.2) is 37.2 Å². The number of aromatic nitrogens is 2. The molecule has 0 spiro atoms. The zero-order valence-corrected chi connectivity index (χ0v) is 19.4. The molecule has 0 aliphatic heterocycles. The van der Waals surface area contributed by atoms with Gasteiger partial charge in [-0.1, -0.05) is 63.2 Å². The van der Waals surface area contributed by atoms with Crippen LogP contribution in [0.4, 0.5) is 0 Å². The van der Waals surface area contributed by atoms with Crippen molar-refractivity contribution in [2.75, 3.05) is 0 Å². The molecule has 3 rings (SSSR count). The predicted molar refractivity (Wildman–Crippen MR) is 128 cm³/mol. The molecule has 0 radical (unpaired) electrons. The fraction of sp³-hybridized carbons (Fsp3) is 0.308. The van der Waals surface area contributed by atoms with Gasteiger partial charge in [0.15, 0.2) is 5.69 Å². The van der Waals surface area contributed by atoms with E-state index in [1.165, 1.54) is 10.6 Å². The summed E-state index contributed by atoms with van der Waals surface area (Å²) in [6, 6.07) is 13.8. The van der Waals surface area contributed by atoms with Crippen LogP contribution < -0.4 is 5.69 Å². The Balaban J connectivity index is 2.05. The van der Waals surface area contributed by atoms with Crippen LogP contribution in [0.2, 0.25) is 0 Å². The van der Waals surface area contributed by atoms with Gasteiger partial charge < -0.3 is 10.2 Å². The van der Waals surface area contributed by atoms with E-state index in [0.29, 0.717) is 29.7 Å². The number of benzene rings is 2. The van der Waals surface area contributed by atoms with E-state index in [4.69, 9.17) is 0 Å². The van der Waals surface area contributed by atoms with Crippen LogP contribution in [0.15, 0.2) is 53.3 Å². The van der Waals surface area contributed by atoms with E-state index in [2.05, 4.69) is 0 Å². The van der Waals surface area contributed by atoms with Crippen LogP contribution in [0.3, 0.4) is 0 Å². The average Bonchev–Trinajstić information content (AvgIpc) is 3.09. The molecule has 0 saturated heterocycles. The van der Waals surface area contributed by atoms with Crippen molar-refractivity contribution >= 4 is 17.8 Å². The highest BCUT2D eigenvalue weighted by atomic mass is 16.4. The number of carbonyl (C=O) groups excluding carboxylic acids is 1. The van der Waals surface area contributed by atoms with Crippen LogP contribution in [0.5, 0.6) is 0 Å². The molecule has 0 aliphatic carbocycles. The van der Waals surface area contributed by atoms with E-state index in [1.807, 2.05) is 13.8 Å². The summed E-state index contributed by atoms with van der Waals surface area (Å²) in [5.74, 6) is -2.61. The summed E-state index contributed by atoms with van der Waals surface area (Å²) < 4.78 is 2.13. The molecule has 0 bridgehead atoms. The lowest BCUT2D eigenvalue weighted by Gasteiger charge is -2.11. The average molecular weight is 465 g/mol. The molecule has 0 unspecified atom stereocenters. The number of carbonyl (C=O) groups is 3. The molecule has 0 amide bonds. The van der Waals surface area contributed by atoms with Crippen molar-refractivity contribution in [3.8, 4) is 11.1 Å². The predicted octanol–water partition coefficient (Wildman–Crippen LogP) is 4.40. The van der Waals surface area contributed by atoms with Crippen molar-refractivity contribution in [3.63, 3.8) is 0 Å². The van der Waals surface area contributed by atoms with Gasteiger partial charge in [0.1, 0.15) is 0 Å². The molecule has 3 aromatic rings. The van der Waals surface area contributed by atoms with Gasteiger partial charge in [-0.25, -0.2) is 19.0 Å². The van der Waals surface area contributed by atoms with E-state index in [-0.39, 0.29) is 30.1 Å². The standard InChI is InChI=1S/C26H28N2O6/c1-4-22(29)28-23(25(32)33)21(14-9-16(2)3)27(26(28)34)15-17-10-12-18(13-11-17)19-7-5-6-8-20(19)24(30)31/h5-8,10-13,16H,4,9,14-15H2,1-3H3,(H,30,31)(H,32,33). The molecule has 178 valence electrons. The maximum Gasteiger partial charge on any atom is 0.354 e. The first kappa shape index (κ1) is 24.7. The molecule has 2 N–H and O–H groups in total. The molecule has 34 heavy (non-hydrogen) atoms. The van der Waals surface area contributed by atoms with Gasteiger partial charge in [0.2, 0.25) is 5.91 Å². The van der Waals surface area contributed by atoms with Crippen molar-refractivity contribution in [2.45, 2.75) is 46.6 Å². The first-order valence-corrected chi connectivity index (χ1v) is 11.2. The molecule has 0 saturated carbocycles. The Morgan fingerprint density at radius 3 is 2.15 bits per heavy atom. The summed E-state index contributed by atoms with van der Waals surface area (Å²) in [5, 5.41) is 19.3. The number of carboxylic acid groups (broad SMARTS) is 2. The molecule has 8 nitrogen and oxygen atoms in total. The zero-order valence-electron chi connectivity index (χ0n) is 19.4. The largest absolute Gasteiger partial charge is 0.478 e. The molecule has 2 aromatic carbocycles. The maximum absolute atomic E-state index is 13.1. The number of nitrogens with zero attached hydrogens (tertiary/aromatic N) is 2. The summed E-state index contributed by atoms with van der Waals surface area (Å²) in [5.41, 5.74) is 1.58. The molecule has 1 aromatic heterocycles. The van der Waals surface area contributed by atoms with Crippen molar-refractivity contribution in [1.29, 1.82) is 0 Å². The van der Waals surface area contributed by atoms with Crippen molar-refractivity contribution in [2.24, 2.45) is 5.92 Å². The number of rotatable bonds is 9. The van der Waals surface area contributed by atoms with Crippen molar-refractivity contribution in [1.82, 2.24) is 9.13 Å². The van der Waals surface area contributed by atoms with Gasteiger partial charge in [-0.2, -0.15) is 0 Å². The van der Waals surface area contributed by atoms with Crippen LogP contribution in [0, 0.1) is 5.92 Å². The highest BCUT2D eigenvalue weighted by Crippen LogP contribution is 2.25. The number of imidazole rings is 1. The Hall–Kier alpha value is -3.94. The van der Waals surface area contributed by atoms with Gasteiger partial charge in [0.25, 0.3) is 0 Å². The minimum absolute atomic E-state index is 0.00546. The first-order chi connectivity index (χ1) is 16.1. The summed E-state index contributed by atoms with van der Waals surface area (Å²) in [6.45, 7) is 5.69. The zero-order chi connectivity index (χ0) is 25.0. The van der Waals surface area contributed by atoms with Gasteiger partial charge in [-0.15, -0.1) is 0 Å². The molecule has 0 aliphatic rings. The normalized spacial score (nSPS) is 11.1. The van der Waals surface area contributed by atoms with Gasteiger partial charge in [0.05, 0.1) is 17.8 Å². The summed E-state index contributed by atoms with van der Waals surface area (Å²) in [6.07, 6.45) is 1.02. The van der Waals surface area contributed by atoms with Gasteiger partial charge in [-0.05, 0) is 41.5 Å². The second-order valence-electron chi connectivity index (χ2n) is 8.53. The molecule has 1 heterocycles. The lowest BCUT2D eigenvalue weighted by Crippen LogP contribution is -2.30. The summed E-state index contributed by atoms with van der Waals surface area (Å²) >= 11 is 0. The van der Waals surface area contributed by atoms with Crippen LogP contribution in [0.1, 0.15) is 70.5 Å². The van der Waals surface area contributed by atoms with E-state index in [0.717, 1.165) is 10.1 Å². The minimum atomic E-state index is -1.31. The maximum atomic E-state index is 13.1. The lowest BCUT2D eigenvalue weighted by molar-refractivity contribution is 0.0668. The highest BCUT2D eigenvalue weighted by Gasteiger charge is 2.27. The molecular formula is C26H28N2O6. The Kier molecular flexibility index (Phi) is 7.50. The SMILES string of the molecule is CCC(=O)n1c(C(=O)O)c(CCC(C)C)n(Cc2ccc(-c3ccccc3C(=O)O)cc2)c1=O. The van der Waals surface area contributed by atoms with Crippen LogP contribution in [0.25, 0.3) is 11.1 Å². The summed E-state index contributed by atoms with van der Waals surface area (Å²) in [4.78, 5) is 49.2. The third kappa shape index (κ3) is 5.01. The lowest BCUT2D eigenvalue weighted by atomic mass is 9.98. The van der Waals surface area contributed by atoms with Gasteiger partial charge >= 0.3 is 17.6 Å². The van der Waals surface area contributed by atoms with E-state index in [9.17, 15) is 29.4 Å². The quantitative estimate of drug-likeness (QED) is 0.484. The van der Waals surface area contributed by atoms with Crippen molar-refractivity contribution < 1.29 is 24.6 Å². The number of hydrogen-bond acceptors (Lipinski definition) is 4. The van der Waals surface area contributed by atoms with Crippen LogP contribution >= 0.6 is 0 Å². The smallest absolute Gasteiger partial charge is 0.354 e. The number of carboxylic acids is 2. The Labute approximate surface area is 197 Å². The van der Waals surface area contributed by atoms with Gasteiger partial charge in [-0.3, -0.25) is 9.36 Å². The Bertz CT molecular complexity index is 1280. The van der Waals surface area contributed by atoms with Crippen molar-refractivity contribution in [3.05, 3.63) is 81.5 Å². The third-order valence-electron chi connectivity index (χ3n) is 5.72. The van der Waals surface area contributed by atoms with E-state index in [1.54, 1.807) is 49.4 Å². The number of hydrogen-bond donors (Lipinski definition) is 2. The monoisotopic (exact) mass is 464 g/mol. The fourth-order valence-electron chi connectivity index (χ4n) is 3.93. The fourth-order valence-corrected chi connectivity index (χ4v) is 3.93. The molecule has 8 heteroatoms. The Morgan fingerprint density at radius 2 is 1.59 bits per heavy atom. The third-order valence-corrected chi connectivity index (χ3v) is 5.72. The first-order valence-electron chi connectivity index (χ1n) is 11.2. The minimum Gasteiger partial charge on any atom is -0.478 e.